The standard InChI is InChI=1S/C15H14N2O3S/c1-3-10-4-5-12(13(8-10)19-2)20-14-11(9-18)17-6-7-21-15(17)16-14/h4-9H,3H2,1-2H3. The summed E-state index contributed by atoms with van der Waals surface area (Å²) in [6.07, 6.45) is 3.45. The fourth-order valence-corrected chi connectivity index (χ4v) is 2.80. The number of carbonyl (C=O) groups is 1. The summed E-state index contributed by atoms with van der Waals surface area (Å²) >= 11 is 1.45. The van der Waals surface area contributed by atoms with E-state index in [1.54, 1.807) is 17.7 Å². The first-order chi connectivity index (χ1) is 10.3. The van der Waals surface area contributed by atoms with Crippen LogP contribution in [0.4, 0.5) is 0 Å². The largest absolute Gasteiger partial charge is 0.493 e. The molecule has 3 rings (SSSR count). The number of methoxy groups -OCH3 is 1. The van der Waals surface area contributed by atoms with Crippen molar-refractivity contribution < 1.29 is 14.3 Å². The molecule has 5 nitrogen and oxygen atoms in total. The molecule has 0 N–H and O–H groups in total. The van der Waals surface area contributed by atoms with Crippen LogP contribution in [0.1, 0.15) is 23.0 Å². The van der Waals surface area contributed by atoms with Gasteiger partial charge in [0, 0.05) is 11.6 Å². The van der Waals surface area contributed by atoms with E-state index in [0.717, 1.165) is 23.2 Å². The lowest BCUT2D eigenvalue weighted by molar-refractivity contribution is 0.111. The van der Waals surface area contributed by atoms with Crippen LogP contribution in [0.25, 0.3) is 4.96 Å². The summed E-state index contributed by atoms with van der Waals surface area (Å²) in [6.45, 7) is 2.07. The van der Waals surface area contributed by atoms with Crippen LogP contribution in [-0.4, -0.2) is 22.8 Å². The van der Waals surface area contributed by atoms with Gasteiger partial charge in [-0.25, -0.2) is 0 Å². The monoisotopic (exact) mass is 302 g/mol. The minimum Gasteiger partial charge on any atom is -0.493 e. The molecule has 108 valence electrons. The van der Waals surface area contributed by atoms with Crippen molar-refractivity contribution in [3.63, 3.8) is 0 Å². The van der Waals surface area contributed by atoms with Gasteiger partial charge in [0.05, 0.1) is 7.11 Å². The van der Waals surface area contributed by atoms with Gasteiger partial charge in [0.15, 0.2) is 28.4 Å². The van der Waals surface area contributed by atoms with E-state index in [-0.39, 0.29) is 0 Å². The molecule has 2 aromatic heterocycles. The third-order valence-electron chi connectivity index (χ3n) is 3.22. The number of hydrogen-bond acceptors (Lipinski definition) is 5. The molecular weight excluding hydrogens is 288 g/mol. The molecule has 0 aliphatic heterocycles. The minimum absolute atomic E-state index is 0.291. The number of nitrogens with zero attached hydrogens (tertiary/aromatic N) is 2. The van der Waals surface area contributed by atoms with Crippen molar-refractivity contribution in [2.75, 3.05) is 7.11 Å². The molecule has 0 saturated heterocycles. The van der Waals surface area contributed by atoms with Crippen LogP contribution in [0.3, 0.4) is 0 Å². The minimum atomic E-state index is 0.291. The van der Waals surface area contributed by atoms with Gasteiger partial charge in [-0.15, -0.1) is 11.3 Å². The molecule has 0 unspecified atom stereocenters. The Kier molecular flexibility index (Phi) is 3.62. The zero-order valence-corrected chi connectivity index (χ0v) is 12.5. The normalized spacial score (nSPS) is 10.8. The Hall–Kier alpha value is -2.34. The number of rotatable bonds is 5. The second-order valence-electron chi connectivity index (χ2n) is 4.42. The number of aromatic nitrogens is 2. The van der Waals surface area contributed by atoms with Crippen molar-refractivity contribution in [3.8, 4) is 17.4 Å². The molecule has 0 radical (unpaired) electrons. The van der Waals surface area contributed by atoms with Crippen molar-refractivity contribution in [1.29, 1.82) is 0 Å². The third-order valence-corrected chi connectivity index (χ3v) is 3.98. The molecule has 0 bridgehead atoms. The van der Waals surface area contributed by atoms with E-state index >= 15 is 0 Å². The van der Waals surface area contributed by atoms with E-state index in [1.165, 1.54) is 11.3 Å². The van der Waals surface area contributed by atoms with Crippen LogP contribution in [-0.2, 0) is 6.42 Å². The Morgan fingerprint density at radius 3 is 2.95 bits per heavy atom. The SMILES string of the molecule is CCc1ccc(Oc2nc3sccn3c2C=O)c(OC)c1. The number of aldehydes is 1. The Morgan fingerprint density at radius 1 is 1.38 bits per heavy atom. The molecule has 0 fully saturated rings. The topological polar surface area (TPSA) is 52.8 Å². The molecule has 2 heterocycles. The molecule has 6 heteroatoms. The summed E-state index contributed by atoms with van der Waals surface area (Å²) in [5.41, 5.74) is 1.55. The Bertz CT molecular complexity index is 791. The summed E-state index contributed by atoms with van der Waals surface area (Å²) in [7, 11) is 1.59. The second kappa shape index (κ2) is 5.57. The van der Waals surface area contributed by atoms with Gasteiger partial charge in [0.2, 0.25) is 5.88 Å². The summed E-state index contributed by atoms with van der Waals surface area (Å²) in [6, 6.07) is 5.73. The van der Waals surface area contributed by atoms with Gasteiger partial charge in [-0.2, -0.15) is 4.98 Å². The van der Waals surface area contributed by atoms with Crippen LogP contribution >= 0.6 is 11.3 Å². The fourth-order valence-electron chi connectivity index (χ4n) is 2.09. The molecule has 0 saturated carbocycles. The number of aryl methyl sites for hydroxylation is 1. The van der Waals surface area contributed by atoms with Crippen molar-refractivity contribution >= 4 is 22.6 Å². The molecule has 0 aliphatic rings. The highest BCUT2D eigenvalue weighted by Crippen LogP contribution is 2.34. The van der Waals surface area contributed by atoms with E-state index in [4.69, 9.17) is 9.47 Å². The molecule has 0 spiro atoms. The van der Waals surface area contributed by atoms with Crippen molar-refractivity contribution in [3.05, 3.63) is 41.0 Å². The number of hydrogen-bond donors (Lipinski definition) is 0. The quantitative estimate of drug-likeness (QED) is 0.676. The zero-order valence-electron chi connectivity index (χ0n) is 11.7. The number of ether oxygens (including phenoxy) is 2. The van der Waals surface area contributed by atoms with Crippen LogP contribution in [0.2, 0.25) is 0 Å². The fraction of sp³-hybridized carbons (Fsp3) is 0.200. The summed E-state index contributed by atoms with van der Waals surface area (Å²) in [5.74, 6) is 1.46. The molecule has 0 atom stereocenters. The highest BCUT2D eigenvalue weighted by molar-refractivity contribution is 7.15. The van der Waals surface area contributed by atoms with Crippen molar-refractivity contribution in [2.45, 2.75) is 13.3 Å². The molecule has 0 aliphatic carbocycles. The van der Waals surface area contributed by atoms with Crippen molar-refractivity contribution in [1.82, 2.24) is 9.38 Å². The second-order valence-corrected chi connectivity index (χ2v) is 5.29. The first-order valence-electron chi connectivity index (χ1n) is 6.52. The number of thiazole rings is 1. The molecule has 3 aromatic rings. The first kappa shape index (κ1) is 13.6. The average molecular weight is 302 g/mol. The summed E-state index contributed by atoms with van der Waals surface area (Å²) in [4.78, 5) is 16.3. The smallest absolute Gasteiger partial charge is 0.250 e. The van der Waals surface area contributed by atoms with Crippen LogP contribution in [0.15, 0.2) is 29.8 Å². The van der Waals surface area contributed by atoms with Gasteiger partial charge in [-0.05, 0) is 24.1 Å². The van der Waals surface area contributed by atoms with Crippen molar-refractivity contribution in [2.24, 2.45) is 0 Å². The van der Waals surface area contributed by atoms with E-state index in [0.29, 0.717) is 23.1 Å². The Balaban J connectivity index is 2.01. The number of benzene rings is 1. The third kappa shape index (κ3) is 2.38. The van der Waals surface area contributed by atoms with E-state index in [9.17, 15) is 4.79 Å². The van der Waals surface area contributed by atoms with Crippen LogP contribution in [0, 0.1) is 0 Å². The molecule has 0 amide bonds. The van der Waals surface area contributed by atoms with Crippen LogP contribution in [0.5, 0.6) is 17.4 Å². The average Bonchev–Trinajstić information content (AvgIpc) is 3.08. The molecule has 1 aromatic carbocycles. The molecule has 21 heavy (non-hydrogen) atoms. The lowest BCUT2D eigenvalue weighted by atomic mass is 10.1. The maximum atomic E-state index is 11.3. The Morgan fingerprint density at radius 2 is 2.24 bits per heavy atom. The maximum absolute atomic E-state index is 11.3. The van der Waals surface area contributed by atoms with Gasteiger partial charge in [0.25, 0.3) is 0 Å². The van der Waals surface area contributed by atoms with Gasteiger partial charge in [-0.3, -0.25) is 9.20 Å². The Labute approximate surface area is 125 Å². The van der Waals surface area contributed by atoms with E-state index in [2.05, 4.69) is 11.9 Å². The predicted octanol–water partition coefficient (Wildman–Crippen LogP) is 3.57. The number of fused-ring (bicyclic) bond motifs is 1. The first-order valence-corrected chi connectivity index (χ1v) is 7.40. The number of carbonyl (C=O) groups excluding carboxylic acids is 1. The molecular formula is C15H14N2O3S. The van der Waals surface area contributed by atoms with E-state index in [1.807, 2.05) is 23.6 Å². The van der Waals surface area contributed by atoms with E-state index < -0.39 is 0 Å². The van der Waals surface area contributed by atoms with Gasteiger partial charge in [0.1, 0.15) is 0 Å². The predicted molar refractivity (Wildman–Crippen MR) is 80.9 cm³/mol. The van der Waals surface area contributed by atoms with Gasteiger partial charge in [-0.1, -0.05) is 13.0 Å². The summed E-state index contributed by atoms with van der Waals surface area (Å²) < 4.78 is 12.8. The maximum Gasteiger partial charge on any atom is 0.250 e. The number of imidazole rings is 1. The van der Waals surface area contributed by atoms with Gasteiger partial charge >= 0.3 is 0 Å². The zero-order chi connectivity index (χ0) is 14.8. The summed E-state index contributed by atoms with van der Waals surface area (Å²) in [5, 5.41) is 1.87. The highest BCUT2D eigenvalue weighted by atomic mass is 32.1. The lowest BCUT2D eigenvalue weighted by Gasteiger charge is -2.10. The highest BCUT2D eigenvalue weighted by Gasteiger charge is 2.16. The van der Waals surface area contributed by atoms with Gasteiger partial charge < -0.3 is 9.47 Å². The lowest BCUT2D eigenvalue weighted by Crippen LogP contribution is -1.95. The van der Waals surface area contributed by atoms with Crippen LogP contribution < -0.4 is 9.47 Å².